The Kier molecular flexibility index (Phi) is 1.92. The van der Waals surface area contributed by atoms with Gasteiger partial charge in [-0.25, -0.2) is 13.1 Å². The van der Waals surface area contributed by atoms with E-state index in [1.165, 1.54) is 25.5 Å². The molecule has 2 fully saturated rings. The van der Waals surface area contributed by atoms with Gasteiger partial charge in [0.1, 0.15) is 0 Å². The summed E-state index contributed by atoms with van der Waals surface area (Å²) >= 11 is 0. The second kappa shape index (κ2) is 2.70. The standard InChI is InChI=1S/C8H15NO2S/c1-12(10,11)9-8-5-6-2-3-7(8)4-6/h6-9H,2-5H2,1H3/t6-,7-,8-/m0/s1. The zero-order valence-corrected chi connectivity index (χ0v) is 8.10. The van der Waals surface area contributed by atoms with Gasteiger partial charge in [-0.3, -0.25) is 0 Å². The summed E-state index contributed by atoms with van der Waals surface area (Å²) in [7, 11) is -2.98. The first-order valence-corrected chi connectivity index (χ1v) is 6.41. The highest BCUT2D eigenvalue weighted by Crippen LogP contribution is 2.44. The van der Waals surface area contributed by atoms with Crippen molar-refractivity contribution in [2.24, 2.45) is 11.8 Å². The maximum absolute atomic E-state index is 11.0. The Bertz CT molecular complexity index is 273. The Morgan fingerprint density at radius 1 is 1.25 bits per heavy atom. The molecule has 0 radical (unpaired) electrons. The zero-order chi connectivity index (χ0) is 8.77. The minimum absolute atomic E-state index is 0.249. The third-order valence-corrected chi connectivity index (χ3v) is 3.83. The third kappa shape index (κ3) is 1.64. The number of fused-ring (bicyclic) bond motifs is 2. The van der Waals surface area contributed by atoms with E-state index in [1.54, 1.807) is 0 Å². The molecule has 3 atom stereocenters. The van der Waals surface area contributed by atoms with Crippen molar-refractivity contribution >= 4 is 10.0 Å². The molecule has 0 aromatic rings. The predicted molar refractivity (Wildman–Crippen MR) is 47.2 cm³/mol. The molecule has 4 heteroatoms. The predicted octanol–water partition coefficient (Wildman–Crippen LogP) is 0.724. The summed E-state index contributed by atoms with van der Waals surface area (Å²) in [6.45, 7) is 0. The van der Waals surface area contributed by atoms with E-state index in [9.17, 15) is 8.42 Å². The second-order valence-electron chi connectivity index (χ2n) is 4.17. The first-order chi connectivity index (χ1) is 5.54. The molecule has 0 aromatic carbocycles. The molecule has 12 heavy (non-hydrogen) atoms. The fraction of sp³-hybridized carbons (Fsp3) is 1.00. The summed E-state index contributed by atoms with van der Waals surface area (Å²) in [5.41, 5.74) is 0. The van der Waals surface area contributed by atoms with Crippen molar-refractivity contribution in [3.8, 4) is 0 Å². The summed E-state index contributed by atoms with van der Waals surface area (Å²) < 4.78 is 24.6. The van der Waals surface area contributed by atoms with Crippen LogP contribution in [0.4, 0.5) is 0 Å². The van der Waals surface area contributed by atoms with Crippen LogP contribution in [-0.4, -0.2) is 20.7 Å². The molecule has 2 rings (SSSR count). The SMILES string of the molecule is CS(=O)(=O)N[C@H]1C[C@H]2CC[C@H]1C2. The minimum Gasteiger partial charge on any atom is -0.213 e. The van der Waals surface area contributed by atoms with E-state index in [0.717, 1.165) is 12.3 Å². The highest BCUT2D eigenvalue weighted by Gasteiger charge is 2.40. The van der Waals surface area contributed by atoms with E-state index in [1.807, 2.05) is 0 Å². The van der Waals surface area contributed by atoms with Crippen LogP contribution >= 0.6 is 0 Å². The first kappa shape index (κ1) is 8.51. The van der Waals surface area contributed by atoms with Crippen LogP contribution in [0.15, 0.2) is 0 Å². The zero-order valence-electron chi connectivity index (χ0n) is 7.29. The van der Waals surface area contributed by atoms with Crippen molar-refractivity contribution < 1.29 is 8.42 Å². The van der Waals surface area contributed by atoms with E-state index in [0.29, 0.717) is 5.92 Å². The van der Waals surface area contributed by atoms with Crippen LogP contribution in [0.5, 0.6) is 0 Å². The smallest absolute Gasteiger partial charge is 0.208 e. The number of nitrogens with one attached hydrogen (secondary N) is 1. The van der Waals surface area contributed by atoms with E-state index >= 15 is 0 Å². The number of rotatable bonds is 2. The first-order valence-electron chi connectivity index (χ1n) is 4.52. The lowest BCUT2D eigenvalue weighted by molar-refractivity contribution is 0.391. The number of sulfonamides is 1. The van der Waals surface area contributed by atoms with Crippen LogP contribution < -0.4 is 4.72 Å². The minimum atomic E-state index is -2.98. The lowest BCUT2D eigenvalue weighted by Crippen LogP contribution is -2.37. The number of hydrogen-bond donors (Lipinski definition) is 1. The Labute approximate surface area is 73.6 Å². The molecular formula is C8H15NO2S. The molecule has 0 aliphatic heterocycles. The van der Waals surface area contributed by atoms with Gasteiger partial charge in [0.05, 0.1) is 6.26 Å². The lowest BCUT2D eigenvalue weighted by Gasteiger charge is -2.21. The maximum Gasteiger partial charge on any atom is 0.208 e. The molecule has 2 aliphatic rings. The molecule has 70 valence electrons. The third-order valence-electron chi connectivity index (χ3n) is 3.10. The van der Waals surface area contributed by atoms with E-state index in [4.69, 9.17) is 0 Å². The van der Waals surface area contributed by atoms with Gasteiger partial charge in [0.2, 0.25) is 10.0 Å². The van der Waals surface area contributed by atoms with Crippen LogP contribution in [0.1, 0.15) is 25.7 Å². The van der Waals surface area contributed by atoms with Gasteiger partial charge in [-0.05, 0) is 31.1 Å². The van der Waals surface area contributed by atoms with E-state index in [2.05, 4.69) is 4.72 Å². The molecule has 1 N–H and O–H groups in total. The average Bonchev–Trinajstić information content (AvgIpc) is 2.42. The van der Waals surface area contributed by atoms with Crippen LogP contribution in [0, 0.1) is 11.8 Å². The Morgan fingerprint density at radius 2 is 2.00 bits per heavy atom. The molecule has 2 saturated carbocycles. The van der Waals surface area contributed by atoms with Crippen molar-refractivity contribution in [3.05, 3.63) is 0 Å². The molecular weight excluding hydrogens is 174 g/mol. The molecule has 2 bridgehead atoms. The molecule has 2 aliphatic carbocycles. The van der Waals surface area contributed by atoms with Crippen molar-refractivity contribution in [1.29, 1.82) is 0 Å². The maximum atomic E-state index is 11.0. The largest absolute Gasteiger partial charge is 0.213 e. The quantitative estimate of drug-likeness (QED) is 0.696. The average molecular weight is 189 g/mol. The van der Waals surface area contributed by atoms with Gasteiger partial charge >= 0.3 is 0 Å². The lowest BCUT2D eigenvalue weighted by atomic mass is 9.96. The van der Waals surface area contributed by atoms with Gasteiger partial charge in [-0.1, -0.05) is 6.42 Å². The van der Waals surface area contributed by atoms with Crippen molar-refractivity contribution in [3.63, 3.8) is 0 Å². The normalized spacial score (nSPS) is 40.6. The summed E-state index contributed by atoms with van der Waals surface area (Å²) in [5.74, 6) is 1.43. The summed E-state index contributed by atoms with van der Waals surface area (Å²) in [4.78, 5) is 0. The fourth-order valence-corrected chi connectivity index (χ4v) is 3.50. The van der Waals surface area contributed by atoms with Crippen LogP contribution in [0.2, 0.25) is 0 Å². The molecule has 3 nitrogen and oxygen atoms in total. The number of hydrogen-bond acceptors (Lipinski definition) is 2. The van der Waals surface area contributed by atoms with Gasteiger partial charge in [0, 0.05) is 6.04 Å². The fourth-order valence-electron chi connectivity index (χ4n) is 2.66. The molecule has 0 amide bonds. The monoisotopic (exact) mass is 189 g/mol. The van der Waals surface area contributed by atoms with Gasteiger partial charge in [-0.2, -0.15) is 0 Å². The molecule has 0 saturated heterocycles. The van der Waals surface area contributed by atoms with Crippen molar-refractivity contribution in [2.75, 3.05) is 6.26 Å². The van der Waals surface area contributed by atoms with Crippen molar-refractivity contribution in [1.82, 2.24) is 4.72 Å². The molecule has 0 unspecified atom stereocenters. The summed E-state index contributed by atoms with van der Waals surface area (Å²) in [5, 5.41) is 0. The summed E-state index contributed by atoms with van der Waals surface area (Å²) in [6.07, 6.45) is 6.09. The molecule has 0 aromatic heterocycles. The molecule has 0 heterocycles. The van der Waals surface area contributed by atoms with E-state index in [-0.39, 0.29) is 6.04 Å². The topological polar surface area (TPSA) is 46.2 Å². The van der Waals surface area contributed by atoms with Crippen LogP contribution in [0.25, 0.3) is 0 Å². The van der Waals surface area contributed by atoms with Gasteiger partial charge in [-0.15, -0.1) is 0 Å². The van der Waals surface area contributed by atoms with Gasteiger partial charge in [0.15, 0.2) is 0 Å². The second-order valence-corrected chi connectivity index (χ2v) is 5.95. The molecule has 0 spiro atoms. The Morgan fingerprint density at radius 3 is 2.42 bits per heavy atom. The van der Waals surface area contributed by atoms with E-state index < -0.39 is 10.0 Å². The van der Waals surface area contributed by atoms with Crippen molar-refractivity contribution in [2.45, 2.75) is 31.7 Å². The highest BCUT2D eigenvalue weighted by atomic mass is 32.2. The Balaban J connectivity index is 2.00. The summed E-state index contributed by atoms with van der Waals surface area (Å²) in [6, 6.07) is 0.249. The van der Waals surface area contributed by atoms with Gasteiger partial charge in [0.25, 0.3) is 0 Å². The highest BCUT2D eigenvalue weighted by molar-refractivity contribution is 7.88. The van der Waals surface area contributed by atoms with Crippen LogP contribution in [0.3, 0.4) is 0 Å². The van der Waals surface area contributed by atoms with Gasteiger partial charge < -0.3 is 0 Å². The van der Waals surface area contributed by atoms with Crippen LogP contribution in [-0.2, 0) is 10.0 Å². The Hall–Kier alpha value is -0.0900.